The second-order valence-electron chi connectivity index (χ2n) is 3.35. The van der Waals surface area contributed by atoms with Crippen LogP contribution in [0.4, 0.5) is 0 Å². The molecule has 1 aromatic carbocycles. The summed E-state index contributed by atoms with van der Waals surface area (Å²) in [6.07, 6.45) is 1.46. The van der Waals surface area contributed by atoms with E-state index >= 15 is 0 Å². The molecule has 5 nitrogen and oxygen atoms in total. The van der Waals surface area contributed by atoms with E-state index in [9.17, 15) is 4.79 Å². The molecule has 82 valence electrons. The number of H-pyrrole nitrogens is 1. The fraction of sp³-hybridized carbons (Fsp3) is 0.100. The van der Waals surface area contributed by atoms with E-state index in [1.165, 1.54) is 10.9 Å². The van der Waals surface area contributed by atoms with Crippen LogP contribution in [0.1, 0.15) is 11.1 Å². The van der Waals surface area contributed by atoms with Crippen molar-refractivity contribution in [3.63, 3.8) is 0 Å². The van der Waals surface area contributed by atoms with Crippen molar-refractivity contribution in [2.24, 2.45) is 5.73 Å². The van der Waals surface area contributed by atoms with Gasteiger partial charge in [0.2, 0.25) is 0 Å². The van der Waals surface area contributed by atoms with Crippen molar-refractivity contribution in [3.8, 4) is 0 Å². The molecule has 2 rings (SSSR count). The van der Waals surface area contributed by atoms with Crippen LogP contribution in [0.15, 0.2) is 35.4 Å². The standard InChI is InChI=1S/C10H10N4OS/c11-9(16)8-3-1-7(2-4-8)5-14-6-12-13-10(14)15/h1-4,6H,5H2,(H2,11,16)(H,13,15). The molecule has 6 heteroatoms. The first-order chi connectivity index (χ1) is 7.66. The SMILES string of the molecule is NC(=S)c1ccc(Cn2cn[nH]c2=O)cc1. The third-order valence-electron chi connectivity index (χ3n) is 2.21. The summed E-state index contributed by atoms with van der Waals surface area (Å²) in [6, 6.07) is 7.44. The van der Waals surface area contributed by atoms with Gasteiger partial charge in [0, 0.05) is 5.56 Å². The Labute approximate surface area is 96.9 Å². The third kappa shape index (κ3) is 2.17. The van der Waals surface area contributed by atoms with Crippen LogP contribution in [0.25, 0.3) is 0 Å². The van der Waals surface area contributed by atoms with Crippen molar-refractivity contribution in [2.45, 2.75) is 6.54 Å². The Hall–Kier alpha value is -1.95. The molecular formula is C10H10N4OS. The summed E-state index contributed by atoms with van der Waals surface area (Å²) in [5.74, 6) is 0. The van der Waals surface area contributed by atoms with Crippen molar-refractivity contribution in [2.75, 3.05) is 0 Å². The highest BCUT2D eigenvalue weighted by Crippen LogP contribution is 2.05. The highest BCUT2D eigenvalue weighted by Gasteiger charge is 2.00. The average Bonchev–Trinajstić information content (AvgIpc) is 2.65. The van der Waals surface area contributed by atoms with Crippen LogP contribution in [-0.4, -0.2) is 19.8 Å². The molecular weight excluding hydrogens is 224 g/mol. The van der Waals surface area contributed by atoms with E-state index in [0.29, 0.717) is 11.5 Å². The first kappa shape index (κ1) is 10.6. The molecule has 0 unspecified atom stereocenters. The number of aromatic nitrogens is 3. The van der Waals surface area contributed by atoms with Crippen molar-refractivity contribution in [1.29, 1.82) is 0 Å². The van der Waals surface area contributed by atoms with E-state index in [1.54, 1.807) is 0 Å². The van der Waals surface area contributed by atoms with Gasteiger partial charge >= 0.3 is 5.69 Å². The van der Waals surface area contributed by atoms with E-state index in [2.05, 4.69) is 10.2 Å². The lowest BCUT2D eigenvalue weighted by Gasteiger charge is -2.02. The quantitative estimate of drug-likeness (QED) is 0.747. The number of thiocarbonyl (C=S) groups is 1. The largest absolute Gasteiger partial charge is 0.389 e. The molecule has 0 aliphatic carbocycles. The Balaban J connectivity index is 2.20. The number of benzene rings is 1. The van der Waals surface area contributed by atoms with Gasteiger partial charge in [0.15, 0.2) is 0 Å². The van der Waals surface area contributed by atoms with Gasteiger partial charge in [-0.2, -0.15) is 5.10 Å². The monoisotopic (exact) mass is 234 g/mol. The summed E-state index contributed by atoms with van der Waals surface area (Å²) in [6.45, 7) is 0.479. The van der Waals surface area contributed by atoms with Crippen LogP contribution in [0, 0.1) is 0 Å². The van der Waals surface area contributed by atoms with Gasteiger partial charge in [-0.1, -0.05) is 36.5 Å². The van der Waals surface area contributed by atoms with Crippen molar-refractivity contribution in [1.82, 2.24) is 14.8 Å². The Bertz CT molecular complexity index is 555. The summed E-state index contributed by atoms with van der Waals surface area (Å²) in [4.78, 5) is 11.6. The average molecular weight is 234 g/mol. The molecule has 0 radical (unpaired) electrons. The molecule has 0 bridgehead atoms. The van der Waals surface area contributed by atoms with Gasteiger partial charge in [-0.3, -0.25) is 4.57 Å². The summed E-state index contributed by atoms with van der Waals surface area (Å²) in [5, 5.41) is 5.98. The molecule has 0 saturated carbocycles. The third-order valence-corrected chi connectivity index (χ3v) is 2.45. The maximum atomic E-state index is 11.2. The number of nitrogens with one attached hydrogen (secondary N) is 1. The normalized spacial score (nSPS) is 10.2. The molecule has 16 heavy (non-hydrogen) atoms. The van der Waals surface area contributed by atoms with Gasteiger partial charge in [0.25, 0.3) is 0 Å². The van der Waals surface area contributed by atoms with Crippen LogP contribution in [0.2, 0.25) is 0 Å². The summed E-state index contributed by atoms with van der Waals surface area (Å²) < 4.78 is 1.48. The molecule has 1 heterocycles. The lowest BCUT2D eigenvalue weighted by molar-refractivity contribution is 0.761. The number of nitrogens with two attached hydrogens (primary N) is 1. The second kappa shape index (κ2) is 4.28. The molecule has 0 amide bonds. The molecule has 3 N–H and O–H groups in total. The van der Waals surface area contributed by atoms with E-state index in [4.69, 9.17) is 18.0 Å². The molecule has 0 spiro atoms. The van der Waals surface area contributed by atoms with Crippen LogP contribution in [-0.2, 0) is 6.54 Å². The van der Waals surface area contributed by atoms with E-state index in [1.807, 2.05) is 24.3 Å². The highest BCUT2D eigenvalue weighted by molar-refractivity contribution is 7.80. The van der Waals surface area contributed by atoms with E-state index in [0.717, 1.165) is 11.1 Å². The van der Waals surface area contributed by atoms with E-state index < -0.39 is 0 Å². The Morgan fingerprint density at radius 3 is 2.62 bits per heavy atom. The van der Waals surface area contributed by atoms with Gasteiger partial charge in [-0.15, -0.1) is 0 Å². The maximum absolute atomic E-state index is 11.2. The molecule has 0 aliphatic rings. The lowest BCUT2D eigenvalue weighted by atomic mass is 10.1. The fourth-order valence-electron chi connectivity index (χ4n) is 1.35. The number of hydrogen-bond acceptors (Lipinski definition) is 3. The molecule has 0 fully saturated rings. The number of nitrogens with zero attached hydrogens (tertiary/aromatic N) is 2. The predicted octanol–water partition coefficient (Wildman–Crippen LogP) is 0.254. The van der Waals surface area contributed by atoms with Crippen LogP contribution >= 0.6 is 12.2 Å². The smallest absolute Gasteiger partial charge is 0.343 e. The van der Waals surface area contributed by atoms with Crippen LogP contribution in [0.3, 0.4) is 0 Å². The van der Waals surface area contributed by atoms with Gasteiger partial charge in [0.05, 0.1) is 6.54 Å². The number of hydrogen-bond donors (Lipinski definition) is 2. The Morgan fingerprint density at radius 2 is 2.12 bits per heavy atom. The topological polar surface area (TPSA) is 76.7 Å². The minimum Gasteiger partial charge on any atom is -0.389 e. The molecule has 1 aromatic heterocycles. The van der Waals surface area contributed by atoms with Crippen molar-refractivity contribution in [3.05, 3.63) is 52.2 Å². The Kier molecular flexibility index (Phi) is 2.82. The summed E-state index contributed by atoms with van der Waals surface area (Å²) in [5.41, 5.74) is 7.07. The summed E-state index contributed by atoms with van der Waals surface area (Å²) in [7, 11) is 0. The minimum atomic E-state index is -0.224. The molecule has 2 aromatic rings. The van der Waals surface area contributed by atoms with Gasteiger partial charge in [-0.05, 0) is 5.56 Å². The highest BCUT2D eigenvalue weighted by atomic mass is 32.1. The molecule has 0 saturated heterocycles. The fourth-order valence-corrected chi connectivity index (χ4v) is 1.49. The van der Waals surface area contributed by atoms with Crippen LogP contribution < -0.4 is 11.4 Å². The molecule has 0 aliphatic heterocycles. The van der Waals surface area contributed by atoms with Crippen LogP contribution in [0.5, 0.6) is 0 Å². The zero-order chi connectivity index (χ0) is 11.5. The first-order valence-corrected chi connectivity index (χ1v) is 5.06. The minimum absolute atomic E-state index is 0.224. The zero-order valence-electron chi connectivity index (χ0n) is 8.38. The van der Waals surface area contributed by atoms with Crippen molar-refractivity contribution < 1.29 is 0 Å². The lowest BCUT2D eigenvalue weighted by Crippen LogP contribution is -2.17. The second-order valence-corrected chi connectivity index (χ2v) is 3.79. The summed E-state index contributed by atoms with van der Waals surface area (Å²) >= 11 is 4.85. The zero-order valence-corrected chi connectivity index (χ0v) is 9.20. The number of aromatic amines is 1. The van der Waals surface area contributed by atoms with E-state index in [-0.39, 0.29) is 5.69 Å². The van der Waals surface area contributed by atoms with Crippen molar-refractivity contribution >= 4 is 17.2 Å². The Morgan fingerprint density at radius 1 is 1.44 bits per heavy atom. The van der Waals surface area contributed by atoms with Gasteiger partial charge in [0.1, 0.15) is 11.3 Å². The maximum Gasteiger partial charge on any atom is 0.343 e. The predicted molar refractivity (Wildman–Crippen MR) is 64.3 cm³/mol. The van der Waals surface area contributed by atoms with Gasteiger partial charge < -0.3 is 5.73 Å². The first-order valence-electron chi connectivity index (χ1n) is 4.65. The number of rotatable bonds is 3. The molecule has 0 atom stereocenters. The van der Waals surface area contributed by atoms with Gasteiger partial charge in [-0.25, -0.2) is 9.89 Å².